The van der Waals surface area contributed by atoms with Gasteiger partial charge in [0.2, 0.25) is 0 Å². The second-order valence-electron chi connectivity index (χ2n) is 5.13. The van der Waals surface area contributed by atoms with Gasteiger partial charge in [-0.25, -0.2) is 4.39 Å². The van der Waals surface area contributed by atoms with Gasteiger partial charge in [0.25, 0.3) is 0 Å². The molecule has 0 radical (unpaired) electrons. The van der Waals surface area contributed by atoms with Crippen LogP contribution >= 0.6 is 0 Å². The van der Waals surface area contributed by atoms with Gasteiger partial charge in [-0.15, -0.1) is 0 Å². The third-order valence-electron chi connectivity index (χ3n) is 3.45. The maximum atomic E-state index is 13.8. The van der Waals surface area contributed by atoms with Crippen molar-refractivity contribution in [2.75, 3.05) is 37.8 Å². The number of methoxy groups -OCH3 is 1. The lowest BCUT2D eigenvalue weighted by Crippen LogP contribution is -2.33. The molecule has 1 aromatic carbocycles. The van der Waals surface area contributed by atoms with E-state index < -0.39 is 0 Å². The Morgan fingerprint density at radius 1 is 1.42 bits per heavy atom. The number of hydrogen-bond donors (Lipinski definition) is 2. The number of benzene rings is 1. The number of likely N-dealkylation sites (tertiary alicyclic amines) is 1. The van der Waals surface area contributed by atoms with Crippen molar-refractivity contribution in [1.29, 1.82) is 0 Å². The van der Waals surface area contributed by atoms with Crippen LogP contribution in [0.3, 0.4) is 0 Å². The van der Waals surface area contributed by atoms with Crippen molar-refractivity contribution >= 4 is 11.4 Å². The minimum atomic E-state index is -0.341. The quantitative estimate of drug-likeness (QED) is 0.804. The highest BCUT2D eigenvalue weighted by Crippen LogP contribution is 2.28. The van der Waals surface area contributed by atoms with Crippen molar-refractivity contribution in [3.05, 3.63) is 17.9 Å². The van der Waals surface area contributed by atoms with Crippen molar-refractivity contribution < 1.29 is 9.13 Å². The summed E-state index contributed by atoms with van der Waals surface area (Å²) in [7, 11) is 1.53. The molecular weight excluding hydrogens is 245 g/mol. The highest BCUT2D eigenvalue weighted by molar-refractivity contribution is 5.62. The molecule has 0 bridgehead atoms. The van der Waals surface area contributed by atoms with Crippen LogP contribution in [0.15, 0.2) is 12.1 Å². The normalized spacial score (nSPS) is 17.4. The fourth-order valence-electron chi connectivity index (χ4n) is 2.52. The van der Waals surface area contributed by atoms with E-state index in [1.165, 1.54) is 26.0 Å². The monoisotopic (exact) mass is 267 g/mol. The van der Waals surface area contributed by atoms with Crippen LogP contribution in [-0.2, 0) is 0 Å². The van der Waals surface area contributed by atoms with Gasteiger partial charge in [-0.3, -0.25) is 0 Å². The van der Waals surface area contributed by atoms with Crippen LogP contribution in [0.25, 0.3) is 0 Å². The van der Waals surface area contributed by atoms with Gasteiger partial charge in [-0.1, -0.05) is 0 Å². The fraction of sp³-hybridized carbons (Fsp3) is 0.571. The maximum absolute atomic E-state index is 13.8. The molecule has 0 amide bonds. The zero-order valence-corrected chi connectivity index (χ0v) is 11.6. The highest BCUT2D eigenvalue weighted by atomic mass is 19.1. The van der Waals surface area contributed by atoms with Crippen LogP contribution in [0.1, 0.15) is 19.8 Å². The lowest BCUT2D eigenvalue weighted by atomic mass is 10.2. The summed E-state index contributed by atoms with van der Waals surface area (Å²) in [6.45, 7) is 5.26. The number of nitrogens with two attached hydrogens (primary N) is 1. The lowest BCUT2D eigenvalue weighted by molar-refractivity contribution is 0.327. The van der Waals surface area contributed by atoms with Crippen molar-refractivity contribution in [3.8, 4) is 5.75 Å². The van der Waals surface area contributed by atoms with E-state index in [0.29, 0.717) is 17.1 Å². The molecule has 1 atom stereocenters. The number of nitrogens with one attached hydrogen (secondary N) is 1. The van der Waals surface area contributed by atoms with Crippen LogP contribution < -0.4 is 15.8 Å². The van der Waals surface area contributed by atoms with E-state index in [4.69, 9.17) is 10.5 Å². The van der Waals surface area contributed by atoms with Crippen LogP contribution in [0, 0.1) is 5.82 Å². The topological polar surface area (TPSA) is 50.5 Å². The molecule has 1 aliphatic heterocycles. The number of hydrogen-bond acceptors (Lipinski definition) is 4. The molecule has 2 rings (SSSR count). The van der Waals surface area contributed by atoms with E-state index >= 15 is 0 Å². The van der Waals surface area contributed by atoms with E-state index in [1.54, 1.807) is 6.07 Å². The Kier molecular flexibility index (Phi) is 4.47. The molecule has 1 aliphatic rings. The molecule has 19 heavy (non-hydrogen) atoms. The number of rotatable bonds is 5. The van der Waals surface area contributed by atoms with E-state index in [0.717, 1.165) is 19.6 Å². The zero-order chi connectivity index (χ0) is 13.8. The Bertz CT molecular complexity index is 433. The molecule has 106 valence electrons. The molecule has 3 N–H and O–H groups in total. The van der Waals surface area contributed by atoms with Gasteiger partial charge in [-0.2, -0.15) is 0 Å². The van der Waals surface area contributed by atoms with Crippen molar-refractivity contribution in [2.24, 2.45) is 0 Å². The second-order valence-corrected chi connectivity index (χ2v) is 5.13. The Morgan fingerprint density at radius 2 is 2.11 bits per heavy atom. The first-order valence-electron chi connectivity index (χ1n) is 6.72. The van der Waals surface area contributed by atoms with Crippen molar-refractivity contribution in [3.63, 3.8) is 0 Å². The van der Waals surface area contributed by atoms with Gasteiger partial charge in [0.15, 0.2) is 0 Å². The Morgan fingerprint density at radius 3 is 2.74 bits per heavy atom. The average molecular weight is 267 g/mol. The molecule has 1 unspecified atom stereocenters. The molecular formula is C14H22FN3O. The van der Waals surface area contributed by atoms with Crippen molar-refractivity contribution in [2.45, 2.75) is 25.8 Å². The summed E-state index contributed by atoms with van der Waals surface area (Å²) in [5.74, 6) is 0.156. The smallest absolute Gasteiger partial charge is 0.148 e. The van der Waals surface area contributed by atoms with Gasteiger partial charge in [0.05, 0.1) is 18.5 Å². The van der Waals surface area contributed by atoms with Gasteiger partial charge >= 0.3 is 0 Å². The van der Waals surface area contributed by atoms with Gasteiger partial charge in [-0.05, 0) is 32.9 Å². The standard InChI is InChI=1S/C14H22FN3O/c1-10(9-18-5-3-4-6-18)17-13-8-14(19-2)12(16)7-11(13)15/h7-8,10,17H,3-6,9,16H2,1-2H3. The first-order chi connectivity index (χ1) is 9.10. The predicted molar refractivity (Wildman–Crippen MR) is 76.1 cm³/mol. The molecule has 5 heteroatoms. The summed E-state index contributed by atoms with van der Waals surface area (Å²) < 4.78 is 18.9. The summed E-state index contributed by atoms with van der Waals surface area (Å²) in [4.78, 5) is 2.39. The Hall–Kier alpha value is -1.49. The number of nitrogens with zero attached hydrogens (tertiary/aromatic N) is 1. The first kappa shape index (κ1) is 13.9. The number of ether oxygens (including phenoxy) is 1. The lowest BCUT2D eigenvalue weighted by Gasteiger charge is -2.22. The van der Waals surface area contributed by atoms with E-state index in [9.17, 15) is 4.39 Å². The van der Waals surface area contributed by atoms with E-state index in [2.05, 4.69) is 17.1 Å². The summed E-state index contributed by atoms with van der Waals surface area (Å²) in [5.41, 5.74) is 6.42. The first-order valence-corrected chi connectivity index (χ1v) is 6.72. The molecule has 1 saturated heterocycles. The predicted octanol–water partition coefficient (Wildman–Crippen LogP) is 2.31. The molecule has 0 aliphatic carbocycles. The summed E-state index contributed by atoms with van der Waals surface area (Å²) >= 11 is 0. The van der Waals surface area contributed by atoms with Crippen molar-refractivity contribution in [1.82, 2.24) is 4.90 Å². The molecule has 0 aromatic heterocycles. The molecule has 0 spiro atoms. The molecule has 4 nitrogen and oxygen atoms in total. The number of halogens is 1. The van der Waals surface area contributed by atoms with Crippen LogP contribution in [0.2, 0.25) is 0 Å². The molecule has 1 heterocycles. The summed E-state index contributed by atoms with van der Waals surface area (Å²) in [6.07, 6.45) is 2.52. The molecule has 1 fully saturated rings. The third kappa shape index (κ3) is 3.50. The maximum Gasteiger partial charge on any atom is 0.148 e. The van der Waals surface area contributed by atoms with E-state index in [-0.39, 0.29) is 11.9 Å². The minimum absolute atomic E-state index is 0.181. The zero-order valence-electron chi connectivity index (χ0n) is 11.6. The SMILES string of the molecule is COc1cc(NC(C)CN2CCCC2)c(F)cc1N. The summed E-state index contributed by atoms with van der Waals surface area (Å²) in [5, 5.41) is 3.19. The molecule has 1 aromatic rings. The summed E-state index contributed by atoms with van der Waals surface area (Å²) in [6, 6.07) is 3.09. The largest absolute Gasteiger partial charge is 0.495 e. The number of nitrogen functional groups attached to an aromatic ring is 1. The van der Waals surface area contributed by atoms with Gasteiger partial charge in [0, 0.05) is 24.7 Å². The average Bonchev–Trinajstić information content (AvgIpc) is 2.85. The fourth-order valence-corrected chi connectivity index (χ4v) is 2.52. The highest BCUT2D eigenvalue weighted by Gasteiger charge is 2.16. The second kappa shape index (κ2) is 6.10. The van der Waals surface area contributed by atoms with Gasteiger partial charge < -0.3 is 20.7 Å². The minimum Gasteiger partial charge on any atom is -0.495 e. The molecule has 0 saturated carbocycles. The van der Waals surface area contributed by atoms with Crippen LogP contribution in [0.4, 0.5) is 15.8 Å². The number of anilines is 2. The van der Waals surface area contributed by atoms with Gasteiger partial charge in [0.1, 0.15) is 11.6 Å². The van der Waals surface area contributed by atoms with Crippen LogP contribution in [-0.4, -0.2) is 37.7 Å². The van der Waals surface area contributed by atoms with E-state index in [1.807, 2.05) is 0 Å². The third-order valence-corrected chi connectivity index (χ3v) is 3.45. The Labute approximate surface area is 113 Å². The Balaban J connectivity index is 2.01. The van der Waals surface area contributed by atoms with Crippen LogP contribution in [0.5, 0.6) is 5.75 Å².